The van der Waals surface area contributed by atoms with Gasteiger partial charge < -0.3 is 15.1 Å². The van der Waals surface area contributed by atoms with Crippen molar-refractivity contribution in [1.29, 1.82) is 0 Å². The molecule has 3 rings (SSSR count). The van der Waals surface area contributed by atoms with Crippen LogP contribution in [0.25, 0.3) is 11.0 Å². The van der Waals surface area contributed by atoms with E-state index in [2.05, 4.69) is 10.6 Å². The Balaban J connectivity index is 1.86. The minimum absolute atomic E-state index is 0.0533. The average molecular weight is 367 g/mol. The van der Waals surface area contributed by atoms with Gasteiger partial charge in [0.05, 0.1) is 11.0 Å². The van der Waals surface area contributed by atoms with Crippen molar-refractivity contribution in [2.75, 3.05) is 5.32 Å². The van der Waals surface area contributed by atoms with Gasteiger partial charge in [0.25, 0.3) is 11.6 Å². The highest BCUT2D eigenvalue weighted by Crippen LogP contribution is 2.31. The number of nitrogens with zero attached hydrogens (tertiary/aromatic N) is 1. The summed E-state index contributed by atoms with van der Waals surface area (Å²) >= 11 is 0. The largest absolute Gasteiger partial charge is 0.459 e. The molecule has 0 saturated heterocycles. The molecular weight excluding hydrogens is 346 g/mol. The van der Waals surface area contributed by atoms with Crippen LogP contribution in [-0.2, 0) is 0 Å². The third kappa shape index (κ3) is 4.08. The topological polar surface area (TPSA) is 97.4 Å². The molecule has 0 saturated carbocycles. The Hall–Kier alpha value is -3.35. The van der Waals surface area contributed by atoms with E-state index >= 15 is 0 Å². The molecule has 2 N–H and O–H groups in total. The van der Waals surface area contributed by atoms with Gasteiger partial charge >= 0.3 is 0 Å². The summed E-state index contributed by atoms with van der Waals surface area (Å²) in [5.74, 6) is 0.331. The Morgan fingerprint density at radius 2 is 1.85 bits per heavy atom. The molecule has 0 aliphatic carbocycles. The van der Waals surface area contributed by atoms with Crippen molar-refractivity contribution in [3.63, 3.8) is 0 Å². The van der Waals surface area contributed by atoms with Crippen LogP contribution in [0, 0.1) is 10.1 Å². The summed E-state index contributed by atoms with van der Waals surface area (Å²) < 4.78 is 5.81. The van der Waals surface area contributed by atoms with Crippen LogP contribution in [0.2, 0.25) is 0 Å². The first-order valence-corrected chi connectivity index (χ1v) is 8.69. The van der Waals surface area contributed by atoms with Crippen molar-refractivity contribution in [1.82, 2.24) is 5.32 Å². The number of carbonyl (C=O) groups is 1. The maximum atomic E-state index is 12.1. The molecule has 0 radical (unpaired) electrons. The molecule has 1 aromatic heterocycles. The summed E-state index contributed by atoms with van der Waals surface area (Å²) in [4.78, 5) is 23.1. The lowest BCUT2D eigenvalue weighted by Crippen LogP contribution is -2.30. The Bertz CT molecular complexity index is 961. The number of amides is 1. The standard InChI is InChI=1S/C20H21N3O4/c1-12(2)21-20(24)15-8-9-16(17(10-15)23(25)26)22-13(3)19-11-14-6-4-5-7-18(14)27-19/h4-13,22H,1-3H3,(H,21,24)/t13-/m1/s1. The SMILES string of the molecule is CC(C)NC(=O)c1ccc(N[C@H](C)c2cc3ccccc3o2)c([N+](=O)[O-])c1. The Morgan fingerprint density at radius 3 is 2.52 bits per heavy atom. The molecule has 7 nitrogen and oxygen atoms in total. The number of fused-ring (bicyclic) bond motifs is 1. The van der Waals surface area contributed by atoms with Gasteiger partial charge in [0, 0.05) is 23.1 Å². The van der Waals surface area contributed by atoms with Crippen LogP contribution in [0.3, 0.4) is 0 Å². The van der Waals surface area contributed by atoms with Crippen molar-refractivity contribution in [3.05, 3.63) is 70.0 Å². The molecule has 0 fully saturated rings. The highest BCUT2D eigenvalue weighted by atomic mass is 16.6. The number of furan rings is 1. The molecule has 1 atom stereocenters. The van der Waals surface area contributed by atoms with Crippen LogP contribution >= 0.6 is 0 Å². The summed E-state index contributed by atoms with van der Waals surface area (Å²) in [5, 5.41) is 18.3. The molecule has 0 bridgehead atoms. The quantitative estimate of drug-likeness (QED) is 0.488. The molecular formula is C20H21N3O4. The summed E-state index contributed by atoms with van der Waals surface area (Å²) in [6, 6.07) is 13.6. The zero-order valence-electron chi connectivity index (χ0n) is 15.4. The van der Waals surface area contributed by atoms with E-state index in [9.17, 15) is 14.9 Å². The fourth-order valence-electron chi connectivity index (χ4n) is 2.81. The second kappa shape index (κ2) is 7.49. The number of anilines is 1. The molecule has 0 spiro atoms. The van der Waals surface area contributed by atoms with Crippen LogP contribution < -0.4 is 10.6 Å². The van der Waals surface area contributed by atoms with Gasteiger partial charge in [-0.2, -0.15) is 0 Å². The van der Waals surface area contributed by atoms with Crippen LogP contribution in [0.15, 0.2) is 52.9 Å². The lowest BCUT2D eigenvalue weighted by molar-refractivity contribution is -0.384. The van der Waals surface area contributed by atoms with E-state index in [1.54, 1.807) is 12.1 Å². The van der Waals surface area contributed by atoms with Crippen molar-refractivity contribution < 1.29 is 14.1 Å². The summed E-state index contributed by atoms with van der Waals surface area (Å²) in [7, 11) is 0. The maximum absolute atomic E-state index is 12.1. The number of hydrogen-bond donors (Lipinski definition) is 2. The number of rotatable bonds is 6. The van der Waals surface area contributed by atoms with Gasteiger partial charge in [0.2, 0.25) is 0 Å². The minimum Gasteiger partial charge on any atom is -0.459 e. The molecule has 1 amide bonds. The van der Waals surface area contributed by atoms with Gasteiger partial charge in [0.15, 0.2) is 0 Å². The van der Waals surface area contributed by atoms with Crippen LogP contribution in [-0.4, -0.2) is 16.9 Å². The molecule has 27 heavy (non-hydrogen) atoms. The van der Waals surface area contributed by atoms with Gasteiger partial charge in [-0.3, -0.25) is 14.9 Å². The number of hydrogen-bond acceptors (Lipinski definition) is 5. The van der Waals surface area contributed by atoms with Gasteiger partial charge in [-0.05, 0) is 45.0 Å². The van der Waals surface area contributed by atoms with Crippen LogP contribution in [0.5, 0.6) is 0 Å². The minimum atomic E-state index is -0.500. The smallest absolute Gasteiger partial charge is 0.293 e. The number of carbonyl (C=O) groups excluding carboxylic acids is 1. The molecule has 0 aliphatic rings. The predicted molar refractivity (Wildman–Crippen MR) is 104 cm³/mol. The second-order valence-corrected chi connectivity index (χ2v) is 6.67. The molecule has 140 valence electrons. The van der Waals surface area contributed by atoms with E-state index < -0.39 is 4.92 Å². The van der Waals surface area contributed by atoms with E-state index in [-0.39, 0.29) is 29.2 Å². The van der Waals surface area contributed by atoms with E-state index in [1.807, 2.05) is 51.1 Å². The van der Waals surface area contributed by atoms with Gasteiger partial charge in [-0.25, -0.2) is 0 Å². The molecule has 2 aromatic carbocycles. The summed E-state index contributed by atoms with van der Waals surface area (Å²) in [6.07, 6.45) is 0. The number of benzene rings is 2. The van der Waals surface area contributed by atoms with E-state index in [0.717, 1.165) is 11.0 Å². The fraction of sp³-hybridized carbons (Fsp3) is 0.250. The molecule has 0 aliphatic heterocycles. The van der Waals surface area contributed by atoms with E-state index in [0.29, 0.717) is 11.4 Å². The van der Waals surface area contributed by atoms with Crippen LogP contribution in [0.4, 0.5) is 11.4 Å². The second-order valence-electron chi connectivity index (χ2n) is 6.67. The third-order valence-corrected chi connectivity index (χ3v) is 4.12. The Labute approximate surface area is 156 Å². The molecule has 0 unspecified atom stereocenters. The average Bonchev–Trinajstić information content (AvgIpc) is 3.05. The number of nitrogens with one attached hydrogen (secondary N) is 2. The third-order valence-electron chi connectivity index (χ3n) is 4.12. The highest BCUT2D eigenvalue weighted by molar-refractivity contribution is 5.95. The van der Waals surface area contributed by atoms with Crippen molar-refractivity contribution >= 4 is 28.3 Å². The van der Waals surface area contributed by atoms with E-state index in [4.69, 9.17) is 4.42 Å². The maximum Gasteiger partial charge on any atom is 0.293 e. The normalized spacial score (nSPS) is 12.1. The van der Waals surface area contributed by atoms with Gasteiger partial charge in [0.1, 0.15) is 17.0 Å². The zero-order valence-corrected chi connectivity index (χ0v) is 15.4. The van der Waals surface area contributed by atoms with Crippen molar-refractivity contribution in [2.45, 2.75) is 32.9 Å². The number of nitro groups is 1. The predicted octanol–water partition coefficient (Wildman–Crippen LogP) is 4.65. The fourth-order valence-corrected chi connectivity index (χ4v) is 2.81. The van der Waals surface area contributed by atoms with Crippen molar-refractivity contribution in [2.24, 2.45) is 0 Å². The van der Waals surface area contributed by atoms with Gasteiger partial charge in [-0.15, -0.1) is 0 Å². The Morgan fingerprint density at radius 1 is 1.11 bits per heavy atom. The monoisotopic (exact) mass is 367 g/mol. The number of para-hydroxylation sites is 1. The summed E-state index contributed by atoms with van der Waals surface area (Å²) in [5.41, 5.74) is 1.18. The summed E-state index contributed by atoms with van der Waals surface area (Å²) in [6.45, 7) is 5.52. The highest BCUT2D eigenvalue weighted by Gasteiger charge is 2.21. The molecule has 1 heterocycles. The number of nitro benzene ring substituents is 1. The van der Waals surface area contributed by atoms with Gasteiger partial charge in [-0.1, -0.05) is 18.2 Å². The van der Waals surface area contributed by atoms with Crippen molar-refractivity contribution in [3.8, 4) is 0 Å². The van der Waals surface area contributed by atoms with Crippen LogP contribution in [0.1, 0.15) is 42.9 Å². The lowest BCUT2D eigenvalue weighted by atomic mass is 10.1. The Kier molecular flexibility index (Phi) is 5.12. The lowest BCUT2D eigenvalue weighted by Gasteiger charge is -2.14. The molecule has 7 heteroatoms. The first-order chi connectivity index (χ1) is 12.8. The zero-order chi connectivity index (χ0) is 19.6. The first-order valence-electron chi connectivity index (χ1n) is 8.69. The van der Waals surface area contributed by atoms with E-state index in [1.165, 1.54) is 6.07 Å². The first kappa shape index (κ1) is 18.4. The molecule has 3 aromatic rings.